The Morgan fingerprint density at radius 1 is 1.00 bits per heavy atom. The summed E-state index contributed by atoms with van der Waals surface area (Å²) < 4.78 is 0.778. The van der Waals surface area contributed by atoms with Crippen LogP contribution in [0.5, 0.6) is 0 Å². The molecule has 0 bridgehead atoms. The number of halogens is 1. The van der Waals surface area contributed by atoms with Crippen LogP contribution >= 0.6 is 15.9 Å². The number of carbonyl (C=O) groups excluding carboxylic acids is 3. The van der Waals surface area contributed by atoms with Crippen LogP contribution in [0.3, 0.4) is 0 Å². The molecule has 5 nitrogen and oxygen atoms in total. The predicted molar refractivity (Wildman–Crippen MR) is 93.8 cm³/mol. The number of hydrogen-bond acceptors (Lipinski definition) is 3. The first kappa shape index (κ1) is 17.1. The molecule has 3 rings (SSSR count). The zero-order valence-electron chi connectivity index (χ0n) is 13.6. The number of rotatable bonds is 4. The fourth-order valence-corrected chi connectivity index (χ4v) is 3.69. The molecular formula is C18H21BrN2O3. The van der Waals surface area contributed by atoms with Gasteiger partial charge in [0.1, 0.15) is 0 Å². The van der Waals surface area contributed by atoms with E-state index in [1.807, 2.05) is 4.90 Å². The van der Waals surface area contributed by atoms with E-state index < -0.39 is 0 Å². The molecule has 0 saturated carbocycles. The van der Waals surface area contributed by atoms with Crippen molar-refractivity contribution >= 4 is 33.7 Å². The summed E-state index contributed by atoms with van der Waals surface area (Å²) >= 11 is 3.32. The Bertz CT molecular complexity index is 666. The molecule has 1 aromatic carbocycles. The van der Waals surface area contributed by atoms with Gasteiger partial charge in [-0.1, -0.05) is 28.8 Å². The van der Waals surface area contributed by atoms with Crippen LogP contribution in [0.1, 0.15) is 59.2 Å². The molecule has 0 radical (unpaired) electrons. The Morgan fingerprint density at radius 3 is 2.38 bits per heavy atom. The molecule has 1 aromatic rings. The average Bonchev–Trinajstić information content (AvgIpc) is 2.79. The topological polar surface area (TPSA) is 57.7 Å². The quantitative estimate of drug-likeness (QED) is 0.739. The lowest BCUT2D eigenvalue weighted by Gasteiger charge is -2.21. The molecule has 0 aromatic heterocycles. The maximum Gasteiger partial charge on any atom is 0.261 e. The Kier molecular flexibility index (Phi) is 5.33. The minimum absolute atomic E-state index is 0.135. The van der Waals surface area contributed by atoms with E-state index in [4.69, 9.17) is 0 Å². The smallest absolute Gasteiger partial charge is 0.261 e. The lowest BCUT2D eigenvalue weighted by atomic mass is 10.1. The first-order valence-electron chi connectivity index (χ1n) is 8.51. The normalized spacial score (nSPS) is 17.9. The van der Waals surface area contributed by atoms with Crippen LogP contribution in [-0.4, -0.2) is 47.2 Å². The van der Waals surface area contributed by atoms with Gasteiger partial charge < -0.3 is 4.90 Å². The van der Waals surface area contributed by atoms with Gasteiger partial charge >= 0.3 is 0 Å². The molecule has 1 saturated heterocycles. The van der Waals surface area contributed by atoms with Crippen molar-refractivity contribution in [2.75, 3.05) is 19.6 Å². The molecule has 0 atom stereocenters. The van der Waals surface area contributed by atoms with Crippen molar-refractivity contribution < 1.29 is 14.4 Å². The maximum absolute atomic E-state index is 12.4. The van der Waals surface area contributed by atoms with Crippen LogP contribution in [0.25, 0.3) is 0 Å². The highest BCUT2D eigenvalue weighted by Gasteiger charge is 2.35. The molecule has 24 heavy (non-hydrogen) atoms. The van der Waals surface area contributed by atoms with Crippen molar-refractivity contribution in [1.82, 2.24) is 9.80 Å². The van der Waals surface area contributed by atoms with Crippen molar-refractivity contribution in [2.45, 2.75) is 38.5 Å². The standard InChI is InChI=1S/C18H21BrN2O3/c19-13-7-8-14-15(12-13)18(24)21(17(14)23)11-5-6-16(22)20-9-3-1-2-4-10-20/h7-8,12H,1-6,9-11H2. The summed E-state index contributed by atoms with van der Waals surface area (Å²) in [7, 11) is 0. The Balaban J connectivity index is 1.55. The van der Waals surface area contributed by atoms with E-state index in [9.17, 15) is 14.4 Å². The number of likely N-dealkylation sites (tertiary alicyclic amines) is 1. The van der Waals surface area contributed by atoms with Crippen LogP contribution < -0.4 is 0 Å². The second-order valence-electron chi connectivity index (χ2n) is 6.35. The van der Waals surface area contributed by atoms with Gasteiger partial charge in [0.15, 0.2) is 0 Å². The van der Waals surface area contributed by atoms with E-state index in [0.29, 0.717) is 30.5 Å². The van der Waals surface area contributed by atoms with Gasteiger partial charge in [-0.05, 0) is 37.5 Å². The lowest BCUT2D eigenvalue weighted by molar-refractivity contribution is -0.131. The van der Waals surface area contributed by atoms with E-state index in [2.05, 4.69) is 15.9 Å². The first-order valence-corrected chi connectivity index (χ1v) is 9.31. The van der Waals surface area contributed by atoms with Gasteiger partial charge in [-0.3, -0.25) is 19.3 Å². The minimum atomic E-state index is -0.265. The largest absolute Gasteiger partial charge is 0.343 e. The second-order valence-corrected chi connectivity index (χ2v) is 7.27. The highest BCUT2D eigenvalue weighted by Crippen LogP contribution is 2.26. The SMILES string of the molecule is O=C(CCCN1C(=O)c2ccc(Br)cc2C1=O)N1CCCCCC1. The Hall–Kier alpha value is -1.69. The van der Waals surface area contributed by atoms with Gasteiger partial charge in [0.25, 0.3) is 11.8 Å². The number of benzene rings is 1. The second kappa shape index (κ2) is 7.47. The van der Waals surface area contributed by atoms with Crippen molar-refractivity contribution in [3.8, 4) is 0 Å². The van der Waals surface area contributed by atoms with Gasteiger partial charge in [-0.15, -0.1) is 0 Å². The number of nitrogens with zero attached hydrogens (tertiary/aromatic N) is 2. The van der Waals surface area contributed by atoms with E-state index in [-0.39, 0.29) is 17.7 Å². The van der Waals surface area contributed by atoms with Gasteiger partial charge in [-0.2, -0.15) is 0 Å². The molecule has 128 valence electrons. The van der Waals surface area contributed by atoms with Crippen molar-refractivity contribution in [3.05, 3.63) is 33.8 Å². The number of carbonyl (C=O) groups is 3. The van der Waals surface area contributed by atoms with Crippen molar-refractivity contribution in [1.29, 1.82) is 0 Å². The molecule has 2 aliphatic heterocycles. The fraction of sp³-hybridized carbons (Fsp3) is 0.500. The van der Waals surface area contributed by atoms with E-state index in [0.717, 1.165) is 30.4 Å². The van der Waals surface area contributed by atoms with Gasteiger partial charge in [-0.25, -0.2) is 0 Å². The summed E-state index contributed by atoms with van der Waals surface area (Å²) in [5.74, 6) is -0.389. The van der Waals surface area contributed by atoms with Gasteiger partial charge in [0.05, 0.1) is 11.1 Å². The molecule has 0 unspecified atom stereocenters. The summed E-state index contributed by atoms with van der Waals surface area (Å²) in [5.41, 5.74) is 0.885. The molecule has 3 amide bonds. The van der Waals surface area contributed by atoms with Crippen LogP contribution in [0.15, 0.2) is 22.7 Å². The summed E-state index contributed by atoms with van der Waals surface area (Å²) in [6.07, 6.45) is 5.42. The minimum Gasteiger partial charge on any atom is -0.343 e. The van der Waals surface area contributed by atoms with Crippen LogP contribution in [0.4, 0.5) is 0 Å². The highest BCUT2D eigenvalue weighted by atomic mass is 79.9. The van der Waals surface area contributed by atoms with Crippen molar-refractivity contribution in [2.24, 2.45) is 0 Å². The Labute approximate surface area is 150 Å². The number of amides is 3. The van der Waals surface area contributed by atoms with E-state index in [1.165, 1.54) is 17.7 Å². The van der Waals surface area contributed by atoms with Gasteiger partial charge in [0.2, 0.25) is 5.91 Å². The summed E-state index contributed by atoms with van der Waals surface area (Å²) in [6.45, 7) is 1.96. The van der Waals surface area contributed by atoms with Crippen molar-refractivity contribution in [3.63, 3.8) is 0 Å². The molecule has 2 heterocycles. The van der Waals surface area contributed by atoms with Crippen LogP contribution in [0.2, 0.25) is 0 Å². The van der Waals surface area contributed by atoms with Gasteiger partial charge in [0, 0.05) is 30.5 Å². The third kappa shape index (κ3) is 3.53. The van der Waals surface area contributed by atoms with Crippen LogP contribution in [-0.2, 0) is 4.79 Å². The highest BCUT2D eigenvalue weighted by molar-refractivity contribution is 9.10. The maximum atomic E-state index is 12.4. The molecule has 0 spiro atoms. The zero-order valence-corrected chi connectivity index (χ0v) is 15.2. The molecule has 0 N–H and O–H groups in total. The summed E-state index contributed by atoms with van der Waals surface area (Å²) in [5, 5.41) is 0. The third-order valence-corrected chi connectivity index (χ3v) is 5.16. The zero-order chi connectivity index (χ0) is 17.1. The third-order valence-electron chi connectivity index (χ3n) is 4.66. The number of imide groups is 1. The molecule has 0 aliphatic carbocycles. The van der Waals surface area contributed by atoms with E-state index >= 15 is 0 Å². The molecule has 2 aliphatic rings. The Morgan fingerprint density at radius 2 is 1.67 bits per heavy atom. The lowest BCUT2D eigenvalue weighted by Crippen LogP contribution is -2.34. The number of hydrogen-bond donors (Lipinski definition) is 0. The predicted octanol–water partition coefficient (Wildman–Crippen LogP) is 3.23. The monoisotopic (exact) mass is 392 g/mol. The fourth-order valence-electron chi connectivity index (χ4n) is 3.33. The summed E-state index contributed by atoms with van der Waals surface area (Å²) in [4.78, 5) is 40.2. The summed E-state index contributed by atoms with van der Waals surface area (Å²) in [6, 6.07) is 5.11. The average molecular weight is 393 g/mol. The molecule has 6 heteroatoms. The molecule has 1 fully saturated rings. The van der Waals surface area contributed by atoms with Crippen LogP contribution in [0, 0.1) is 0 Å². The molecular weight excluding hydrogens is 372 g/mol. The first-order chi connectivity index (χ1) is 11.6. The number of fused-ring (bicyclic) bond motifs is 1. The van der Waals surface area contributed by atoms with E-state index in [1.54, 1.807) is 18.2 Å².